The first-order chi connectivity index (χ1) is 11.2. The summed E-state index contributed by atoms with van der Waals surface area (Å²) in [5, 5.41) is 6.02. The minimum Gasteiger partial charge on any atom is -0.368 e. The van der Waals surface area contributed by atoms with E-state index in [1.807, 2.05) is 30.3 Å². The molecule has 23 heavy (non-hydrogen) atoms. The van der Waals surface area contributed by atoms with Gasteiger partial charge in [-0.2, -0.15) is 0 Å². The van der Waals surface area contributed by atoms with E-state index < -0.39 is 0 Å². The Morgan fingerprint density at radius 2 is 1.91 bits per heavy atom. The first-order valence-corrected chi connectivity index (χ1v) is 8.47. The maximum atomic E-state index is 12.2. The van der Waals surface area contributed by atoms with E-state index in [9.17, 15) is 9.59 Å². The van der Waals surface area contributed by atoms with Gasteiger partial charge in [-0.05, 0) is 24.8 Å². The van der Waals surface area contributed by atoms with Gasteiger partial charge in [0.25, 0.3) is 0 Å². The fourth-order valence-corrected chi connectivity index (χ4v) is 3.43. The standard InChI is InChI=1S/C18H24N2O3/c21-16-11-10-15(18(20-16)13-6-2-1-3-7-13)19-17(22)12-23-14-8-4-5-9-14/h1-3,6-7,14-15,18H,4-5,8-12H2,(H,19,22)(H,20,21)/t15-,18+/m1/s1. The fraction of sp³-hybridized carbons (Fsp3) is 0.556. The third-order valence-corrected chi connectivity index (χ3v) is 4.66. The molecular formula is C18H24N2O3. The number of benzene rings is 1. The molecule has 124 valence electrons. The number of hydrogen-bond acceptors (Lipinski definition) is 3. The van der Waals surface area contributed by atoms with Gasteiger partial charge in [-0.15, -0.1) is 0 Å². The third-order valence-electron chi connectivity index (χ3n) is 4.66. The van der Waals surface area contributed by atoms with Crippen LogP contribution in [0.25, 0.3) is 0 Å². The highest BCUT2D eigenvalue weighted by Crippen LogP contribution is 2.24. The number of piperidine rings is 1. The van der Waals surface area contributed by atoms with Gasteiger partial charge in [-0.25, -0.2) is 0 Å². The lowest BCUT2D eigenvalue weighted by molar-refractivity contribution is -0.130. The monoisotopic (exact) mass is 316 g/mol. The molecule has 1 aromatic rings. The molecule has 0 spiro atoms. The molecule has 2 fully saturated rings. The average Bonchev–Trinajstić information content (AvgIpc) is 3.09. The number of nitrogens with one attached hydrogen (secondary N) is 2. The maximum Gasteiger partial charge on any atom is 0.246 e. The summed E-state index contributed by atoms with van der Waals surface area (Å²) in [6.45, 7) is 0.108. The molecule has 3 rings (SSSR count). The first-order valence-electron chi connectivity index (χ1n) is 8.47. The van der Waals surface area contributed by atoms with Crippen LogP contribution in [-0.2, 0) is 14.3 Å². The normalized spacial score (nSPS) is 25.1. The van der Waals surface area contributed by atoms with Crippen LogP contribution in [-0.4, -0.2) is 30.6 Å². The third kappa shape index (κ3) is 4.32. The zero-order chi connectivity index (χ0) is 16.1. The number of rotatable bonds is 5. The first kappa shape index (κ1) is 16.0. The number of hydrogen-bond donors (Lipinski definition) is 2. The SMILES string of the molecule is O=C(COC1CCCC1)N[C@@H]1CCC(=O)N[C@H]1c1ccccc1. The van der Waals surface area contributed by atoms with E-state index in [1.165, 1.54) is 12.8 Å². The summed E-state index contributed by atoms with van der Waals surface area (Å²) in [4.78, 5) is 23.9. The van der Waals surface area contributed by atoms with Crippen molar-refractivity contribution in [3.05, 3.63) is 35.9 Å². The summed E-state index contributed by atoms with van der Waals surface area (Å²) in [5.41, 5.74) is 1.02. The molecule has 1 aliphatic carbocycles. The van der Waals surface area contributed by atoms with Gasteiger partial charge in [-0.1, -0.05) is 43.2 Å². The molecule has 2 aliphatic rings. The van der Waals surface area contributed by atoms with Crippen molar-refractivity contribution in [2.45, 2.75) is 56.7 Å². The van der Waals surface area contributed by atoms with Crippen LogP contribution in [0.15, 0.2) is 30.3 Å². The van der Waals surface area contributed by atoms with E-state index in [1.54, 1.807) is 0 Å². The van der Waals surface area contributed by atoms with Gasteiger partial charge < -0.3 is 15.4 Å². The molecule has 0 bridgehead atoms. The van der Waals surface area contributed by atoms with Crippen LogP contribution in [0.5, 0.6) is 0 Å². The Bertz CT molecular complexity index is 540. The second kappa shape index (κ2) is 7.59. The predicted molar refractivity (Wildman–Crippen MR) is 86.7 cm³/mol. The van der Waals surface area contributed by atoms with Gasteiger partial charge in [0.2, 0.25) is 11.8 Å². The summed E-state index contributed by atoms with van der Waals surface area (Å²) in [5.74, 6) is -0.0643. The summed E-state index contributed by atoms with van der Waals surface area (Å²) in [6, 6.07) is 9.52. The summed E-state index contributed by atoms with van der Waals surface area (Å²) in [7, 11) is 0. The Kier molecular flexibility index (Phi) is 5.28. The van der Waals surface area contributed by atoms with E-state index in [4.69, 9.17) is 4.74 Å². The van der Waals surface area contributed by atoms with Crippen molar-refractivity contribution in [2.75, 3.05) is 6.61 Å². The van der Waals surface area contributed by atoms with Gasteiger partial charge in [0, 0.05) is 6.42 Å². The highest BCUT2D eigenvalue weighted by molar-refractivity contribution is 5.80. The summed E-state index contributed by atoms with van der Waals surface area (Å²) < 4.78 is 5.67. The van der Waals surface area contributed by atoms with Crippen LogP contribution in [0.2, 0.25) is 0 Å². The molecule has 5 nitrogen and oxygen atoms in total. The molecule has 2 N–H and O–H groups in total. The molecule has 1 saturated carbocycles. The van der Waals surface area contributed by atoms with Crippen molar-refractivity contribution in [3.8, 4) is 0 Å². The Labute approximate surface area is 136 Å². The molecule has 0 radical (unpaired) electrons. The molecule has 1 heterocycles. The fourth-order valence-electron chi connectivity index (χ4n) is 3.43. The van der Waals surface area contributed by atoms with E-state index >= 15 is 0 Å². The summed E-state index contributed by atoms with van der Waals surface area (Å²) in [6.07, 6.45) is 5.82. The molecule has 1 aromatic carbocycles. The topological polar surface area (TPSA) is 67.4 Å². The van der Waals surface area contributed by atoms with Gasteiger partial charge in [0.15, 0.2) is 0 Å². The van der Waals surface area contributed by atoms with Crippen LogP contribution in [0.3, 0.4) is 0 Å². The van der Waals surface area contributed by atoms with E-state index in [0.717, 1.165) is 18.4 Å². The molecule has 2 amide bonds. The van der Waals surface area contributed by atoms with Crippen LogP contribution in [0, 0.1) is 0 Å². The van der Waals surface area contributed by atoms with Crippen molar-refractivity contribution >= 4 is 11.8 Å². The molecule has 0 aromatic heterocycles. The van der Waals surface area contributed by atoms with Crippen LogP contribution >= 0.6 is 0 Å². The molecule has 1 aliphatic heterocycles. The number of carbonyl (C=O) groups is 2. The van der Waals surface area contributed by atoms with E-state index in [2.05, 4.69) is 10.6 Å². The second-order valence-electron chi connectivity index (χ2n) is 6.39. The van der Waals surface area contributed by atoms with Crippen LogP contribution in [0.1, 0.15) is 50.1 Å². The van der Waals surface area contributed by atoms with E-state index in [-0.39, 0.29) is 36.6 Å². The zero-order valence-electron chi connectivity index (χ0n) is 13.3. The van der Waals surface area contributed by atoms with Crippen molar-refractivity contribution in [1.29, 1.82) is 0 Å². The number of ether oxygens (including phenoxy) is 1. The lowest BCUT2D eigenvalue weighted by atomic mass is 9.92. The van der Waals surface area contributed by atoms with Gasteiger partial charge in [-0.3, -0.25) is 9.59 Å². The van der Waals surface area contributed by atoms with Crippen molar-refractivity contribution in [2.24, 2.45) is 0 Å². The van der Waals surface area contributed by atoms with Crippen LogP contribution in [0.4, 0.5) is 0 Å². The lowest BCUT2D eigenvalue weighted by Gasteiger charge is -2.33. The van der Waals surface area contributed by atoms with Gasteiger partial charge in [0.1, 0.15) is 6.61 Å². The Balaban J connectivity index is 1.57. The van der Waals surface area contributed by atoms with Gasteiger partial charge >= 0.3 is 0 Å². The minimum absolute atomic E-state index is 0.0338. The van der Waals surface area contributed by atoms with Crippen molar-refractivity contribution in [3.63, 3.8) is 0 Å². The quantitative estimate of drug-likeness (QED) is 0.874. The Morgan fingerprint density at radius 1 is 1.17 bits per heavy atom. The molecular weight excluding hydrogens is 292 g/mol. The highest BCUT2D eigenvalue weighted by atomic mass is 16.5. The molecule has 2 atom stereocenters. The Hall–Kier alpha value is -1.88. The molecule has 0 unspecified atom stereocenters. The second-order valence-corrected chi connectivity index (χ2v) is 6.39. The zero-order valence-corrected chi connectivity index (χ0v) is 13.3. The molecule has 5 heteroatoms. The smallest absolute Gasteiger partial charge is 0.246 e. The highest BCUT2D eigenvalue weighted by Gasteiger charge is 2.31. The van der Waals surface area contributed by atoms with E-state index in [0.29, 0.717) is 12.8 Å². The average molecular weight is 316 g/mol. The Morgan fingerprint density at radius 3 is 2.65 bits per heavy atom. The van der Waals surface area contributed by atoms with Crippen molar-refractivity contribution < 1.29 is 14.3 Å². The number of amides is 2. The predicted octanol–water partition coefficient (Wildman–Crippen LogP) is 2.08. The summed E-state index contributed by atoms with van der Waals surface area (Å²) >= 11 is 0. The van der Waals surface area contributed by atoms with Crippen LogP contribution < -0.4 is 10.6 Å². The lowest BCUT2D eigenvalue weighted by Crippen LogP contribution is -2.51. The maximum absolute atomic E-state index is 12.2. The minimum atomic E-state index is -0.173. The number of carbonyl (C=O) groups excluding carboxylic acids is 2. The largest absolute Gasteiger partial charge is 0.368 e. The molecule has 1 saturated heterocycles. The van der Waals surface area contributed by atoms with Crippen molar-refractivity contribution in [1.82, 2.24) is 10.6 Å². The van der Waals surface area contributed by atoms with Gasteiger partial charge in [0.05, 0.1) is 18.2 Å².